The average Bonchev–Trinajstić information content (AvgIpc) is 2.42. The first-order valence-corrected chi connectivity index (χ1v) is 6.46. The van der Waals surface area contributed by atoms with Gasteiger partial charge < -0.3 is 14.9 Å². The first kappa shape index (κ1) is 13.2. The highest BCUT2D eigenvalue weighted by Crippen LogP contribution is 2.17. The summed E-state index contributed by atoms with van der Waals surface area (Å²) in [6.45, 7) is -0.104. The lowest BCUT2D eigenvalue weighted by atomic mass is 10.1. The fraction of sp³-hybridized carbons (Fsp3) is 0.286. The molecule has 18 heavy (non-hydrogen) atoms. The summed E-state index contributed by atoms with van der Waals surface area (Å²) in [7, 11) is 0. The first-order chi connectivity index (χ1) is 8.79. The van der Waals surface area contributed by atoms with Gasteiger partial charge in [-0.3, -0.25) is 0 Å². The molecule has 3 nitrogen and oxygen atoms in total. The summed E-state index contributed by atoms with van der Waals surface area (Å²) in [6.07, 6.45) is 1.55. The standard InChI is InChI=1S/C14H14O3S/c15-10-11-6-7-13(16)14(17-11)8-9-18-12-4-2-1-3-5-12/h1-7,11,13-16H,10H2/t11-,13+,14+/m0/s1. The van der Waals surface area contributed by atoms with Gasteiger partial charge in [-0.25, -0.2) is 0 Å². The second-order valence-electron chi connectivity index (χ2n) is 3.81. The molecule has 0 saturated carbocycles. The van der Waals surface area contributed by atoms with Crippen LogP contribution < -0.4 is 0 Å². The second-order valence-corrected chi connectivity index (χ2v) is 4.69. The van der Waals surface area contributed by atoms with Crippen LogP contribution in [-0.2, 0) is 4.74 Å². The molecule has 1 aliphatic heterocycles. The second kappa shape index (κ2) is 6.62. The van der Waals surface area contributed by atoms with E-state index in [4.69, 9.17) is 9.84 Å². The van der Waals surface area contributed by atoms with Crippen LogP contribution in [0.5, 0.6) is 0 Å². The fourth-order valence-electron chi connectivity index (χ4n) is 1.51. The quantitative estimate of drug-likeness (QED) is 0.481. The van der Waals surface area contributed by atoms with Crippen molar-refractivity contribution < 1.29 is 14.9 Å². The van der Waals surface area contributed by atoms with Gasteiger partial charge in [-0.05, 0) is 29.1 Å². The molecule has 1 aromatic carbocycles. The van der Waals surface area contributed by atoms with E-state index >= 15 is 0 Å². The Labute approximate surface area is 110 Å². The van der Waals surface area contributed by atoms with Gasteiger partial charge in [0.15, 0.2) is 0 Å². The highest BCUT2D eigenvalue weighted by molar-refractivity contribution is 8.03. The Kier molecular flexibility index (Phi) is 4.85. The molecule has 0 amide bonds. The van der Waals surface area contributed by atoms with E-state index in [0.717, 1.165) is 4.90 Å². The summed E-state index contributed by atoms with van der Waals surface area (Å²) in [5, 5.41) is 21.6. The summed E-state index contributed by atoms with van der Waals surface area (Å²) in [5.74, 6) is 2.86. The van der Waals surface area contributed by atoms with Crippen molar-refractivity contribution in [1.29, 1.82) is 0 Å². The highest BCUT2D eigenvalue weighted by Gasteiger charge is 2.23. The minimum atomic E-state index is -0.739. The largest absolute Gasteiger partial charge is 0.393 e. The molecule has 4 heteroatoms. The third-order valence-corrected chi connectivity index (χ3v) is 3.18. The molecule has 2 N–H and O–H groups in total. The number of aliphatic hydroxyl groups excluding tert-OH is 2. The van der Waals surface area contributed by atoms with Gasteiger partial charge in [-0.2, -0.15) is 0 Å². The maximum atomic E-state index is 9.67. The summed E-state index contributed by atoms with van der Waals surface area (Å²) in [6, 6.07) is 9.77. The van der Waals surface area contributed by atoms with Crippen LogP contribution in [0.2, 0.25) is 0 Å². The van der Waals surface area contributed by atoms with Crippen LogP contribution in [-0.4, -0.2) is 35.1 Å². The molecular weight excluding hydrogens is 248 g/mol. The van der Waals surface area contributed by atoms with Crippen molar-refractivity contribution in [3.8, 4) is 11.2 Å². The van der Waals surface area contributed by atoms with Crippen molar-refractivity contribution >= 4 is 11.8 Å². The molecule has 0 bridgehead atoms. The molecule has 0 unspecified atom stereocenters. The van der Waals surface area contributed by atoms with Gasteiger partial charge in [0.1, 0.15) is 18.3 Å². The number of benzene rings is 1. The van der Waals surface area contributed by atoms with Crippen molar-refractivity contribution in [2.45, 2.75) is 23.2 Å². The normalized spacial score (nSPS) is 26.4. The lowest BCUT2D eigenvalue weighted by molar-refractivity contribution is -0.0430. The molecule has 1 heterocycles. The lowest BCUT2D eigenvalue weighted by Gasteiger charge is -2.24. The van der Waals surface area contributed by atoms with Crippen LogP contribution in [0.3, 0.4) is 0 Å². The Morgan fingerprint density at radius 1 is 1.22 bits per heavy atom. The zero-order chi connectivity index (χ0) is 12.8. The molecule has 3 atom stereocenters. The monoisotopic (exact) mass is 262 g/mol. The third-order valence-electron chi connectivity index (χ3n) is 2.45. The molecule has 0 saturated heterocycles. The maximum absolute atomic E-state index is 9.67. The van der Waals surface area contributed by atoms with E-state index in [2.05, 4.69) is 11.2 Å². The Morgan fingerprint density at radius 3 is 2.72 bits per heavy atom. The Morgan fingerprint density at radius 2 is 2.00 bits per heavy atom. The zero-order valence-electron chi connectivity index (χ0n) is 9.69. The molecule has 0 aliphatic carbocycles. The zero-order valence-corrected chi connectivity index (χ0v) is 10.5. The highest BCUT2D eigenvalue weighted by atomic mass is 32.2. The van der Waals surface area contributed by atoms with E-state index in [9.17, 15) is 5.11 Å². The molecule has 0 radical (unpaired) electrons. The van der Waals surface area contributed by atoms with Crippen LogP contribution in [0.4, 0.5) is 0 Å². The van der Waals surface area contributed by atoms with Gasteiger partial charge in [0.25, 0.3) is 0 Å². The number of hydrogen-bond donors (Lipinski definition) is 2. The SMILES string of the molecule is OC[C@@H]1C=C[C@@H](O)[C@@H](C#CSc2ccccc2)O1. The summed E-state index contributed by atoms with van der Waals surface area (Å²) in [5.41, 5.74) is 0. The van der Waals surface area contributed by atoms with E-state index in [1.807, 2.05) is 30.3 Å². The molecule has 1 aromatic rings. The van der Waals surface area contributed by atoms with Crippen LogP contribution in [0, 0.1) is 11.2 Å². The lowest BCUT2D eigenvalue weighted by Crippen LogP contribution is -2.35. The minimum Gasteiger partial charge on any atom is -0.393 e. The molecule has 0 spiro atoms. The van der Waals surface area contributed by atoms with Crippen LogP contribution in [0.1, 0.15) is 0 Å². The molecule has 1 aliphatic rings. The van der Waals surface area contributed by atoms with Crippen LogP contribution in [0.25, 0.3) is 0 Å². The number of hydrogen-bond acceptors (Lipinski definition) is 4. The van der Waals surface area contributed by atoms with Crippen LogP contribution in [0.15, 0.2) is 47.4 Å². The summed E-state index contributed by atoms with van der Waals surface area (Å²) < 4.78 is 5.41. The maximum Gasteiger partial charge on any atom is 0.149 e. The number of rotatable bonds is 2. The minimum absolute atomic E-state index is 0.104. The molecular formula is C14H14O3S. The molecule has 2 rings (SSSR count). The van der Waals surface area contributed by atoms with Crippen molar-refractivity contribution in [1.82, 2.24) is 0 Å². The van der Waals surface area contributed by atoms with Gasteiger partial charge in [-0.1, -0.05) is 36.3 Å². The predicted molar refractivity (Wildman–Crippen MR) is 71.0 cm³/mol. The van der Waals surface area contributed by atoms with Crippen molar-refractivity contribution in [2.75, 3.05) is 6.61 Å². The van der Waals surface area contributed by atoms with E-state index in [0.29, 0.717) is 0 Å². The first-order valence-electron chi connectivity index (χ1n) is 5.65. The average molecular weight is 262 g/mol. The predicted octanol–water partition coefficient (Wildman–Crippen LogP) is 1.42. The molecule has 94 valence electrons. The fourth-order valence-corrected chi connectivity index (χ4v) is 2.10. The Balaban J connectivity index is 1.95. The van der Waals surface area contributed by atoms with Crippen molar-refractivity contribution in [2.24, 2.45) is 0 Å². The smallest absolute Gasteiger partial charge is 0.149 e. The number of aliphatic hydroxyl groups is 2. The number of ether oxygens (including phenoxy) is 1. The van der Waals surface area contributed by atoms with E-state index < -0.39 is 12.2 Å². The Hall–Kier alpha value is -1.25. The van der Waals surface area contributed by atoms with Gasteiger partial charge in [0.05, 0.1) is 6.61 Å². The third kappa shape index (κ3) is 3.62. The van der Waals surface area contributed by atoms with Gasteiger partial charge >= 0.3 is 0 Å². The van der Waals surface area contributed by atoms with Crippen molar-refractivity contribution in [3.63, 3.8) is 0 Å². The van der Waals surface area contributed by atoms with E-state index in [-0.39, 0.29) is 12.7 Å². The molecule has 0 fully saturated rings. The summed E-state index contributed by atoms with van der Waals surface area (Å²) >= 11 is 1.39. The summed E-state index contributed by atoms with van der Waals surface area (Å²) in [4.78, 5) is 1.05. The van der Waals surface area contributed by atoms with Gasteiger partial charge in [-0.15, -0.1) is 0 Å². The Bertz CT molecular complexity index is 461. The number of thioether (sulfide) groups is 1. The van der Waals surface area contributed by atoms with E-state index in [1.54, 1.807) is 12.2 Å². The molecule has 0 aromatic heterocycles. The van der Waals surface area contributed by atoms with Crippen molar-refractivity contribution in [3.05, 3.63) is 42.5 Å². The van der Waals surface area contributed by atoms with E-state index in [1.165, 1.54) is 11.8 Å². The van der Waals surface area contributed by atoms with Gasteiger partial charge in [0.2, 0.25) is 0 Å². The topological polar surface area (TPSA) is 49.7 Å². The van der Waals surface area contributed by atoms with Crippen LogP contribution >= 0.6 is 11.8 Å². The van der Waals surface area contributed by atoms with Gasteiger partial charge in [0, 0.05) is 4.90 Å².